The van der Waals surface area contributed by atoms with Gasteiger partial charge < -0.3 is 10.4 Å². The maximum Gasteiger partial charge on any atom is 0.471 e. The maximum absolute atomic E-state index is 11.8. The van der Waals surface area contributed by atoms with Crippen LogP contribution in [0.25, 0.3) is 0 Å². The second-order valence-electron chi connectivity index (χ2n) is 3.73. The fourth-order valence-corrected chi connectivity index (χ4v) is 0.860. The molecule has 0 aliphatic carbocycles. The molecule has 15 heavy (non-hydrogen) atoms. The zero-order chi connectivity index (χ0) is 12.3. The van der Waals surface area contributed by atoms with Gasteiger partial charge in [-0.3, -0.25) is 9.59 Å². The monoisotopic (exact) mass is 227 g/mol. The van der Waals surface area contributed by atoms with Crippen molar-refractivity contribution in [1.82, 2.24) is 5.32 Å². The second kappa shape index (κ2) is 4.50. The number of nitrogens with one attached hydrogen (secondary N) is 1. The van der Waals surface area contributed by atoms with Crippen molar-refractivity contribution < 1.29 is 27.9 Å². The molecule has 4 nitrogen and oxygen atoms in total. The van der Waals surface area contributed by atoms with Crippen LogP contribution in [0.3, 0.4) is 0 Å². The Labute approximate surface area is 84.5 Å². The number of hydrogen-bond acceptors (Lipinski definition) is 2. The molecule has 2 N–H and O–H groups in total. The van der Waals surface area contributed by atoms with Gasteiger partial charge in [0.1, 0.15) is 0 Å². The fourth-order valence-electron chi connectivity index (χ4n) is 0.860. The predicted octanol–water partition coefficient (Wildman–Crippen LogP) is 1.31. The van der Waals surface area contributed by atoms with Gasteiger partial charge in [-0.25, -0.2) is 0 Å². The normalized spacial score (nSPS) is 12.3. The zero-order valence-corrected chi connectivity index (χ0v) is 8.31. The van der Waals surface area contributed by atoms with Gasteiger partial charge in [0.25, 0.3) is 0 Å². The summed E-state index contributed by atoms with van der Waals surface area (Å²) in [5.41, 5.74) is -1.19. The topological polar surface area (TPSA) is 66.4 Å². The Morgan fingerprint density at radius 3 is 2.07 bits per heavy atom. The molecule has 0 fully saturated rings. The summed E-state index contributed by atoms with van der Waals surface area (Å²) in [4.78, 5) is 20.7. The molecule has 0 atom stereocenters. The van der Waals surface area contributed by atoms with Crippen LogP contribution < -0.4 is 5.32 Å². The molecule has 0 aliphatic rings. The van der Waals surface area contributed by atoms with Crippen molar-refractivity contribution >= 4 is 11.9 Å². The van der Waals surface area contributed by atoms with E-state index in [0.29, 0.717) is 0 Å². The standard InChI is InChI=1S/C8H12F3NO3/c1-7(2,4-3-5(13)14)12-6(15)8(9,10)11/h3-4H2,1-2H3,(H,12,15)(H,13,14). The van der Waals surface area contributed by atoms with Crippen LogP contribution in [-0.2, 0) is 9.59 Å². The van der Waals surface area contributed by atoms with Crippen molar-refractivity contribution in [2.75, 3.05) is 0 Å². The van der Waals surface area contributed by atoms with Gasteiger partial charge in [0.15, 0.2) is 0 Å². The summed E-state index contributed by atoms with van der Waals surface area (Å²) >= 11 is 0. The molecule has 0 rings (SSSR count). The number of carboxylic acids is 1. The molecule has 0 saturated heterocycles. The summed E-state index contributed by atoms with van der Waals surface area (Å²) in [7, 11) is 0. The van der Waals surface area contributed by atoms with E-state index in [1.54, 1.807) is 5.32 Å². The third-order valence-electron chi connectivity index (χ3n) is 1.67. The highest BCUT2D eigenvalue weighted by Crippen LogP contribution is 2.18. The van der Waals surface area contributed by atoms with Crippen LogP contribution in [0.15, 0.2) is 0 Å². The van der Waals surface area contributed by atoms with Crippen molar-refractivity contribution in [3.63, 3.8) is 0 Å². The minimum absolute atomic E-state index is 0.0653. The molecule has 0 spiro atoms. The van der Waals surface area contributed by atoms with Gasteiger partial charge in [0.2, 0.25) is 0 Å². The number of rotatable bonds is 4. The van der Waals surface area contributed by atoms with E-state index in [1.807, 2.05) is 0 Å². The highest BCUT2D eigenvalue weighted by Gasteiger charge is 2.41. The first-order valence-electron chi connectivity index (χ1n) is 4.16. The SMILES string of the molecule is CC(C)(CCC(=O)O)NC(=O)C(F)(F)F. The van der Waals surface area contributed by atoms with Crippen LogP contribution in [0.1, 0.15) is 26.7 Å². The zero-order valence-electron chi connectivity index (χ0n) is 8.31. The lowest BCUT2D eigenvalue weighted by Gasteiger charge is -2.26. The highest BCUT2D eigenvalue weighted by atomic mass is 19.4. The molecule has 0 aromatic rings. The average Bonchev–Trinajstić information content (AvgIpc) is 1.98. The Hall–Kier alpha value is -1.27. The van der Waals surface area contributed by atoms with Crippen molar-refractivity contribution in [3.8, 4) is 0 Å². The summed E-state index contributed by atoms with van der Waals surface area (Å²) in [6.07, 6.45) is -5.31. The smallest absolute Gasteiger partial charge is 0.471 e. The van der Waals surface area contributed by atoms with Crippen molar-refractivity contribution in [2.24, 2.45) is 0 Å². The van der Waals surface area contributed by atoms with E-state index in [2.05, 4.69) is 0 Å². The van der Waals surface area contributed by atoms with Crippen LogP contribution in [0.2, 0.25) is 0 Å². The summed E-state index contributed by atoms with van der Waals surface area (Å²) < 4.78 is 35.5. The summed E-state index contributed by atoms with van der Waals surface area (Å²) in [5.74, 6) is -3.18. The Bertz CT molecular complexity index is 260. The Morgan fingerprint density at radius 2 is 1.73 bits per heavy atom. The second-order valence-corrected chi connectivity index (χ2v) is 3.73. The van der Waals surface area contributed by atoms with Gasteiger partial charge >= 0.3 is 18.1 Å². The molecule has 0 heterocycles. The maximum atomic E-state index is 11.8. The van der Waals surface area contributed by atoms with Crippen LogP contribution in [0.5, 0.6) is 0 Å². The third kappa shape index (κ3) is 5.92. The number of carbonyl (C=O) groups is 2. The molecule has 0 radical (unpaired) electrons. The first-order chi connectivity index (χ1) is 6.54. The van der Waals surface area contributed by atoms with E-state index in [-0.39, 0.29) is 12.8 Å². The molecule has 1 amide bonds. The number of aliphatic carboxylic acids is 1. The summed E-state index contributed by atoms with van der Waals surface area (Å²) in [6, 6.07) is 0. The van der Waals surface area contributed by atoms with Crippen LogP contribution >= 0.6 is 0 Å². The average molecular weight is 227 g/mol. The Morgan fingerprint density at radius 1 is 1.27 bits per heavy atom. The van der Waals surface area contributed by atoms with Crippen LogP contribution in [-0.4, -0.2) is 28.7 Å². The Balaban J connectivity index is 4.25. The van der Waals surface area contributed by atoms with Gasteiger partial charge in [-0.2, -0.15) is 13.2 Å². The van der Waals surface area contributed by atoms with Crippen LogP contribution in [0, 0.1) is 0 Å². The van der Waals surface area contributed by atoms with Gasteiger partial charge in [0, 0.05) is 12.0 Å². The van der Waals surface area contributed by atoms with E-state index in [9.17, 15) is 22.8 Å². The van der Waals surface area contributed by atoms with E-state index in [1.165, 1.54) is 13.8 Å². The molecular formula is C8H12F3NO3. The van der Waals surface area contributed by atoms with E-state index >= 15 is 0 Å². The lowest BCUT2D eigenvalue weighted by molar-refractivity contribution is -0.175. The van der Waals surface area contributed by atoms with Gasteiger partial charge in [0.05, 0.1) is 0 Å². The molecule has 0 saturated carbocycles. The minimum atomic E-state index is -4.94. The largest absolute Gasteiger partial charge is 0.481 e. The third-order valence-corrected chi connectivity index (χ3v) is 1.67. The molecule has 0 bridgehead atoms. The molecule has 7 heteroatoms. The summed E-state index contributed by atoms with van der Waals surface area (Å²) in [5, 5.41) is 10.1. The van der Waals surface area contributed by atoms with Crippen molar-refractivity contribution in [1.29, 1.82) is 0 Å². The molecule has 0 unspecified atom stereocenters. The van der Waals surface area contributed by atoms with Crippen molar-refractivity contribution in [3.05, 3.63) is 0 Å². The van der Waals surface area contributed by atoms with E-state index in [4.69, 9.17) is 5.11 Å². The number of carboxylic acid groups (broad SMARTS) is 1. The van der Waals surface area contributed by atoms with Gasteiger partial charge in [-0.15, -0.1) is 0 Å². The lowest BCUT2D eigenvalue weighted by atomic mass is 9.98. The van der Waals surface area contributed by atoms with Crippen molar-refractivity contribution in [2.45, 2.75) is 38.4 Å². The van der Waals surface area contributed by atoms with Crippen LogP contribution in [0.4, 0.5) is 13.2 Å². The summed E-state index contributed by atoms with van der Waals surface area (Å²) in [6.45, 7) is 2.67. The van der Waals surface area contributed by atoms with E-state index < -0.39 is 23.6 Å². The highest BCUT2D eigenvalue weighted by molar-refractivity contribution is 5.82. The number of halogens is 3. The molecule has 88 valence electrons. The van der Waals surface area contributed by atoms with Gasteiger partial charge in [-0.05, 0) is 20.3 Å². The van der Waals surface area contributed by atoms with E-state index in [0.717, 1.165) is 0 Å². The molecular weight excluding hydrogens is 215 g/mol. The Kier molecular flexibility index (Phi) is 4.12. The number of amides is 1. The fraction of sp³-hybridized carbons (Fsp3) is 0.750. The first-order valence-corrected chi connectivity index (χ1v) is 4.16. The quantitative estimate of drug-likeness (QED) is 0.760. The number of hydrogen-bond donors (Lipinski definition) is 2. The molecule has 0 aromatic carbocycles. The minimum Gasteiger partial charge on any atom is -0.481 e. The predicted molar refractivity (Wildman–Crippen MR) is 45.1 cm³/mol. The molecule has 0 aliphatic heterocycles. The first kappa shape index (κ1) is 13.7. The number of carbonyl (C=O) groups excluding carboxylic acids is 1. The lowest BCUT2D eigenvalue weighted by Crippen LogP contribution is -2.49. The van der Waals surface area contributed by atoms with Gasteiger partial charge in [-0.1, -0.05) is 0 Å². The molecule has 0 aromatic heterocycles. The number of alkyl halides is 3.